The maximum atomic E-state index is 11.8. The molecule has 1 aliphatic rings. The maximum absolute atomic E-state index is 11.8. The average molecular weight is 259 g/mol. The van der Waals surface area contributed by atoms with E-state index in [1.165, 1.54) is 0 Å². The Morgan fingerprint density at radius 1 is 1.18 bits per heavy atom. The van der Waals surface area contributed by atoms with Gasteiger partial charge in [-0.3, -0.25) is 9.59 Å². The Morgan fingerprint density at radius 3 is 2.29 bits per heavy atom. The maximum Gasteiger partial charge on any atom is 0.306 e. The number of carbonyl (C=O) groups excluding carboxylic acids is 2. The highest BCUT2D eigenvalue weighted by atomic mass is 32.2. The summed E-state index contributed by atoms with van der Waals surface area (Å²) in [5.41, 5.74) is -0.470. The van der Waals surface area contributed by atoms with Crippen LogP contribution < -0.4 is 0 Å². The van der Waals surface area contributed by atoms with Crippen molar-refractivity contribution in [1.82, 2.24) is 4.90 Å². The van der Waals surface area contributed by atoms with E-state index in [1.54, 1.807) is 0 Å². The van der Waals surface area contributed by atoms with Crippen molar-refractivity contribution in [1.29, 1.82) is 0 Å². The molecule has 0 spiro atoms. The van der Waals surface area contributed by atoms with Crippen LogP contribution in [0, 0.1) is 0 Å². The lowest BCUT2D eigenvalue weighted by Gasteiger charge is -2.26. The molecule has 0 saturated carbocycles. The minimum Gasteiger partial charge on any atom is -0.460 e. The molecular weight excluding hydrogens is 238 g/mol. The molecule has 0 bridgehead atoms. The van der Waals surface area contributed by atoms with Crippen molar-refractivity contribution < 1.29 is 14.3 Å². The van der Waals surface area contributed by atoms with Crippen molar-refractivity contribution in [2.75, 3.05) is 24.6 Å². The van der Waals surface area contributed by atoms with Crippen molar-refractivity contribution in [2.45, 2.75) is 39.2 Å². The Bertz CT molecular complexity index is 280. The highest BCUT2D eigenvalue weighted by Crippen LogP contribution is 2.12. The van der Waals surface area contributed by atoms with Crippen molar-refractivity contribution >= 4 is 23.6 Å². The average Bonchev–Trinajstić information content (AvgIpc) is 2.25. The van der Waals surface area contributed by atoms with Gasteiger partial charge in [0.25, 0.3) is 0 Å². The molecule has 1 amide bonds. The van der Waals surface area contributed by atoms with Gasteiger partial charge in [0, 0.05) is 31.0 Å². The molecule has 1 aliphatic heterocycles. The Morgan fingerprint density at radius 2 is 1.76 bits per heavy atom. The van der Waals surface area contributed by atoms with Crippen LogP contribution in [-0.4, -0.2) is 47.0 Å². The lowest BCUT2D eigenvalue weighted by Crippen LogP contribution is -2.38. The van der Waals surface area contributed by atoms with Crippen LogP contribution in [0.25, 0.3) is 0 Å². The zero-order valence-electron chi connectivity index (χ0n) is 10.8. The molecule has 1 fully saturated rings. The van der Waals surface area contributed by atoms with Gasteiger partial charge in [-0.25, -0.2) is 0 Å². The fourth-order valence-corrected chi connectivity index (χ4v) is 2.48. The van der Waals surface area contributed by atoms with Crippen LogP contribution in [0.1, 0.15) is 33.6 Å². The van der Waals surface area contributed by atoms with Crippen LogP contribution in [-0.2, 0) is 14.3 Å². The molecule has 1 rings (SSSR count). The predicted octanol–water partition coefficient (Wildman–Crippen LogP) is 1.68. The van der Waals surface area contributed by atoms with E-state index in [0.717, 1.165) is 24.6 Å². The third kappa shape index (κ3) is 5.96. The van der Waals surface area contributed by atoms with Gasteiger partial charge < -0.3 is 9.64 Å². The first-order valence-electron chi connectivity index (χ1n) is 5.96. The number of amides is 1. The van der Waals surface area contributed by atoms with Gasteiger partial charge in [0.15, 0.2) is 0 Å². The van der Waals surface area contributed by atoms with Gasteiger partial charge >= 0.3 is 5.97 Å². The van der Waals surface area contributed by atoms with Crippen molar-refractivity contribution in [3.8, 4) is 0 Å². The number of ether oxygens (including phenoxy) is 1. The van der Waals surface area contributed by atoms with Crippen LogP contribution in [0.2, 0.25) is 0 Å². The van der Waals surface area contributed by atoms with Gasteiger partial charge in [0.05, 0.1) is 6.42 Å². The fraction of sp³-hybridized carbons (Fsp3) is 0.833. The zero-order valence-corrected chi connectivity index (χ0v) is 11.6. The molecule has 17 heavy (non-hydrogen) atoms. The molecule has 1 heterocycles. The van der Waals surface area contributed by atoms with Gasteiger partial charge in [0.2, 0.25) is 5.91 Å². The first-order valence-corrected chi connectivity index (χ1v) is 7.11. The summed E-state index contributed by atoms with van der Waals surface area (Å²) in [6.07, 6.45) is 0.444. The quantitative estimate of drug-likeness (QED) is 0.724. The molecule has 0 aliphatic carbocycles. The van der Waals surface area contributed by atoms with Crippen molar-refractivity contribution in [2.24, 2.45) is 0 Å². The first-order chi connectivity index (χ1) is 7.88. The Hall–Kier alpha value is -0.710. The van der Waals surface area contributed by atoms with E-state index in [-0.39, 0.29) is 24.7 Å². The molecule has 0 N–H and O–H groups in total. The number of rotatable bonds is 3. The summed E-state index contributed by atoms with van der Waals surface area (Å²) >= 11 is 1.86. The second-order valence-corrected chi connectivity index (χ2v) is 6.30. The number of carbonyl (C=O) groups is 2. The largest absolute Gasteiger partial charge is 0.460 e. The molecule has 0 aromatic carbocycles. The van der Waals surface area contributed by atoms with Crippen LogP contribution in [0.4, 0.5) is 0 Å². The minimum atomic E-state index is -0.470. The second kappa shape index (κ2) is 6.28. The molecule has 0 unspecified atom stereocenters. The Labute approximate surface area is 107 Å². The summed E-state index contributed by atoms with van der Waals surface area (Å²) in [5, 5.41) is 0. The number of hydrogen-bond acceptors (Lipinski definition) is 4. The zero-order chi connectivity index (χ0) is 12.9. The fourth-order valence-electron chi connectivity index (χ4n) is 1.57. The summed E-state index contributed by atoms with van der Waals surface area (Å²) < 4.78 is 5.16. The second-order valence-electron chi connectivity index (χ2n) is 5.08. The number of esters is 1. The molecule has 4 nitrogen and oxygen atoms in total. The summed E-state index contributed by atoms with van der Waals surface area (Å²) in [6, 6.07) is 0. The van der Waals surface area contributed by atoms with Crippen LogP contribution >= 0.6 is 11.8 Å². The number of nitrogens with zero attached hydrogens (tertiary/aromatic N) is 1. The topological polar surface area (TPSA) is 46.6 Å². The van der Waals surface area contributed by atoms with Gasteiger partial charge in [-0.05, 0) is 20.8 Å². The van der Waals surface area contributed by atoms with Crippen LogP contribution in [0.5, 0.6) is 0 Å². The normalized spacial score (nSPS) is 16.8. The number of thioether (sulfide) groups is 1. The van der Waals surface area contributed by atoms with E-state index >= 15 is 0 Å². The molecule has 5 heteroatoms. The lowest BCUT2D eigenvalue weighted by atomic mass is 10.2. The van der Waals surface area contributed by atoms with E-state index in [9.17, 15) is 9.59 Å². The Kier molecular flexibility index (Phi) is 5.31. The highest BCUT2D eigenvalue weighted by molar-refractivity contribution is 7.99. The van der Waals surface area contributed by atoms with Crippen molar-refractivity contribution in [3.05, 3.63) is 0 Å². The Balaban J connectivity index is 2.25. The van der Waals surface area contributed by atoms with Gasteiger partial charge in [-0.15, -0.1) is 0 Å². The predicted molar refractivity (Wildman–Crippen MR) is 69.0 cm³/mol. The standard InChI is InChI=1S/C12H21NO3S/c1-12(2,3)16-11(15)5-4-10(14)13-6-8-17-9-7-13/h4-9H2,1-3H3. The van der Waals surface area contributed by atoms with E-state index in [1.807, 2.05) is 37.4 Å². The van der Waals surface area contributed by atoms with Gasteiger partial charge in [-0.1, -0.05) is 0 Å². The molecule has 1 saturated heterocycles. The first kappa shape index (κ1) is 14.4. The molecule has 0 radical (unpaired) electrons. The third-order valence-corrected chi connectivity index (χ3v) is 3.27. The third-order valence-electron chi connectivity index (χ3n) is 2.33. The minimum absolute atomic E-state index is 0.0659. The van der Waals surface area contributed by atoms with Crippen molar-refractivity contribution in [3.63, 3.8) is 0 Å². The highest BCUT2D eigenvalue weighted by Gasteiger charge is 2.20. The molecule has 0 aromatic heterocycles. The van der Waals surface area contributed by atoms with Crippen LogP contribution in [0.3, 0.4) is 0 Å². The van der Waals surface area contributed by atoms with E-state index in [4.69, 9.17) is 4.74 Å². The monoisotopic (exact) mass is 259 g/mol. The van der Waals surface area contributed by atoms with Gasteiger partial charge in [0.1, 0.15) is 5.60 Å². The van der Waals surface area contributed by atoms with E-state index in [0.29, 0.717) is 0 Å². The molecule has 0 atom stereocenters. The van der Waals surface area contributed by atoms with Gasteiger partial charge in [-0.2, -0.15) is 11.8 Å². The summed E-state index contributed by atoms with van der Waals surface area (Å²) in [4.78, 5) is 25.1. The SMILES string of the molecule is CC(C)(C)OC(=O)CCC(=O)N1CCSCC1. The smallest absolute Gasteiger partial charge is 0.306 e. The van der Waals surface area contributed by atoms with Crippen LogP contribution in [0.15, 0.2) is 0 Å². The molecule has 98 valence electrons. The molecule has 0 aromatic rings. The van der Waals surface area contributed by atoms with E-state index < -0.39 is 5.60 Å². The lowest BCUT2D eigenvalue weighted by molar-refractivity contribution is -0.156. The van der Waals surface area contributed by atoms with E-state index in [2.05, 4.69) is 0 Å². The summed E-state index contributed by atoms with van der Waals surface area (Å²) in [7, 11) is 0. The summed E-state index contributed by atoms with van der Waals surface area (Å²) in [5.74, 6) is 1.77. The summed E-state index contributed by atoms with van der Waals surface area (Å²) in [6.45, 7) is 7.09. The molecular formula is C12H21NO3S. The number of hydrogen-bond donors (Lipinski definition) is 0.